The number of esters is 1. The van der Waals surface area contributed by atoms with Crippen molar-refractivity contribution in [3.8, 4) is 0 Å². The highest BCUT2D eigenvalue weighted by atomic mass is 32.2. The molecule has 0 aliphatic carbocycles. The second-order valence-electron chi connectivity index (χ2n) is 4.45. The van der Waals surface area contributed by atoms with Gasteiger partial charge < -0.3 is 15.8 Å². The lowest BCUT2D eigenvalue weighted by Gasteiger charge is -2.09. The molecule has 0 aliphatic heterocycles. The van der Waals surface area contributed by atoms with Crippen molar-refractivity contribution in [1.29, 1.82) is 0 Å². The number of benzene rings is 1. The van der Waals surface area contributed by atoms with Gasteiger partial charge in [-0.05, 0) is 31.2 Å². The fourth-order valence-electron chi connectivity index (χ4n) is 1.61. The number of nitrogens with two attached hydrogens (primary N) is 1. The van der Waals surface area contributed by atoms with Crippen LogP contribution in [-0.4, -0.2) is 40.2 Å². The van der Waals surface area contributed by atoms with Crippen molar-refractivity contribution in [2.45, 2.75) is 17.7 Å². The van der Waals surface area contributed by atoms with E-state index in [4.69, 9.17) is 5.73 Å². The monoisotopic (exact) mass is 314 g/mol. The Balaban J connectivity index is 3.14. The number of hydrogen-bond acceptors (Lipinski definition) is 6. The Morgan fingerprint density at radius 2 is 1.95 bits per heavy atom. The first-order valence-electron chi connectivity index (χ1n) is 6.21. The number of rotatable bonds is 6. The number of anilines is 1. The predicted molar refractivity (Wildman–Crippen MR) is 77.8 cm³/mol. The van der Waals surface area contributed by atoms with Crippen molar-refractivity contribution in [1.82, 2.24) is 0 Å². The molecule has 0 aromatic heterocycles. The lowest BCUT2D eigenvalue weighted by atomic mass is 10.2. The molecule has 1 aromatic rings. The molecule has 0 spiro atoms. The third kappa shape index (κ3) is 5.16. The zero-order chi connectivity index (χ0) is 16.0. The molecule has 1 aromatic carbocycles. The number of ether oxygens (including phenoxy) is 1. The molecular formula is C13H18N2O5S. The molecule has 21 heavy (non-hydrogen) atoms. The van der Waals surface area contributed by atoms with Crippen LogP contribution in [0.1, 0.15) is 23.2 Å². The number of sulfone groups is 1. The highest BCUT2D eigenvalue weighted by Gasteiger charge is 2.15. The summed E-state index contributed by atoms with van der Waals surface area (Å²) in [6, 6.07) is 3.86. The molecule has 0 saturated heterocycles. The molecule has 0 bridgehead atoms. The molecule has 1 amide bonds. The number of nitrogens with one attached hydrogen (secondary N) is 1. The average molecular weight is 314 g/mol. The second kappa shape index (κ2) is 7.19. The van der Waals surface area contributed by atoms with E-state index in [2.05, 4.69) is 10.1 Å². The van der Waals surface area contributed by atoms with Gasteiger partial charge in [0.2, 0.25) is 5.91 Å². The van der Waals surface area contributed by atoms with Gasteiger partial charge in [0.25, 0.3) is 0 Å². The van der Waals surface area contributed by atoms with Gasteiger partial charge in [-0.25, -0.2) is 13.2 Å². The van der Waals surface area contributed by atoms with E-state index >= 15 is 0 Å². The molecule has 116 valence electrons. The van der Waals surface area contributed by atoms with Crippen molar-refractivity contribution in [3.05, 3.63) is 23.8 Å². The first-order valence-corrected chi connectivity index (χ1v) is 8.10. The van der Waals surface area contributed by atoms with Gasteiger partial charge in [-0.3, -0.25) is 4.79 Å². The first-order chi connectivity index (χ1) is 9.77. The van der Waals surface area contributed by atoms with E-state index in [1.54, 1.807) is 0 Å². The van der Waals surface area contributed by atoms with Crippen molar-refractivity contribution in [2.75, 3.05) is 25.2 Å². The fraction of sp³-hybridized carbons (Fsp3) is 0.385. The minimum Gasteiger partial charge on any atom is -0.465 e. The van der Waals surface area contributed by atoms with Crippen LogP contribution in [0.4, 0.5) is 5.69 Å². The quantitative estimate of drug-likeness (QED) is 0.741. The lowest BCUT2D eigenvalue weighted by Crippen LogP contribution is -2.14. The molecule has 0 unspecified atom stereocenters. The van der Waals surface area contributed by atoms with E-state index in [0.717, 1.165) is 6.26 Å². The number of methoxy groups -OCH3 is 1. The van der Waals surface area contributed by atoms with Gasteiger partial charge in [-0.1, -0.05) is 0 Å². The summed E-state index contributed by atoms with van der Waals surface area (Å²) in [5, 5.41) is 2.54. The maximum absolute atomic E-state index is 11.7. The highest BCUT2D eigenvalue weighted by Crippen LogP contribution is 2.20. The predicted octanol–water partition coefficient (Wildman–Crippen LogP) is 0.554. The molecule has 0 radical (unpaired) electrons. The molecule has 0 atom stereocenters. The van der Waals surface area contributed by atoms with Crippen LogP contribution in [0.2, 0.25) is 0 Å². The van der Waals surface area contributed by atoms with Gasteiger partial charge >= 0.3 is 5.97 Å². The Morgan fingerprint density at radius 3 is 2.48 bits per heavy atom. The maximum Gasteiger partial charge on any atom is 0.337 e. The van der Waals surface area contributed by atoms with Gasteiger partial charge in [-0.15, -0.1) is 0 Å². The Hall–Kier alpha value is -1.93. The van der Waals surface area contributed by atoms with Crippen molar-refractivity contribution in [3.63, 3.8) is 0 Å². The highest BCUT2D eigenvalue weighted by molar-refractivity contribution is 7.90. The normalized spacial score (nSPS) is 11.0. The Kier molecular flexibility index (Phi) is 5.86. The van der Waals surface area contributed by atoms with Gasteiger partial charge in [0.05, 0.1) is 17.6 Å². The van der Waals surface area contributed by atoms with Crippen LogP contribution < -0.4 is 11.1 Å². The van der Waals surface area contributed by atoms with Crippen LogP contribution in [0.3, 0.4) is 0 Å². The smallest absolute Gasteiger partial charge is 0.337 e. The summed E-state index contributed by atoms with van der Waals surface area (Å²) in [5.74, 6) is -0.986. The third-order valence-corrected chi connectivity index (χ3v) is 3.74. The molecule has 0 saturated carbocycles. The second-order valence-corrected chi connectivity index (χ2v) is 6.47. The van der Waals surface area contributed by atoms with E-state index < -0.39 is 15.8 Å². The van der Waals surface area contributed by atoms with Gasteiger partial charge in [0.15, 0.2) is 9.84 Å². The standard InChI is InChI=1S/C13H18N2O5S/c1-20-13(17)9-6-10(15-12(16)4-3-5-14)8-11(7-9)21(2,18)19/h6-8H,3-5,14H2,1-2H3,(H,15,16). The maximum atomic E-state index is 11.7. The van der Waals surface area contributed by atoms with E-state index in [0.29, 0.717) is 13.0 Å². The zero-order valence-corrected chi connectivity index (χ0v) is 12.7. The molecular weight excluding hydrogens is 296 g/mol. The van der Waals surface area contributed by atoms with Crippen LogP contribution in [0, 0.1) is 0 Å². The van der Waals surface area contributed by atoms with Crippen LogP contribution in [-0.2, 0) is 19.4 Å². The summed E-state index contributed by atoms with van der Waals surface area (Å²) in [5.41, 5.74) is 5.59. The Bertz CT molecular complexity index is 640. The van der Waals surface area contributed by atoms with Crippen molar-refractivity contribution < 1.29 is 22.7 Å². The summed E-state index contributed by atoms with van der Waals surface area (Å²) < 4.78 is 27.8. The van der Waals surface area contributed by atoms with Crippen LogP contribution in [0.15, 0.2) is 23.1 Å². The number of amides is 1. The zero-order valence-electron chi connectivity index (χ0n) is 11.9. The molecule has 0 heterocycles. The minimum absolute atomic E-state index is 0.0505. The average Bonchev–Trinajstić information content (AvgIpc) is 2.42. The van der Waals surface area contributed by atoms with Crippen LogP contribution in [0.5, 0.6) is 0 Å². The summed E-state index contributed by atoms with van der Waals surface area (Å²) in [6.45, 7) is 0.379. The Labute approximate surface area is 123 Å². The lowest BCUT2D eigenvalue weighted by molar-refractivity contribution is -0.116. The summed E-state index contributed by atoms with van der Waals surface area (Å²) in [6.07, 6.45) is 1.75. The largest absolute Gasteiger partial charge is 0.465 e. The Morgan fingerprint density at radius 1 is 1.29 bits per heavy atom. The molecule has 7 nitrogen and oxygen atoms in total. The molecule has 0 aliphatic rings. The van der Waals surface area contributed by atoms with Gasteiger partial charge in [0.1, 0.15) is 0 Å². The molecule has 1 rings (SSSR count). The third-order valence-electron chi connectivity index (χ3n) is 2.65. The van der Waals surface area contributed by atoms with Gasteiger partial charge in [0, 0.05) is 18.4 Å². The minimum atomic E-state index is -3.52. The van der Waals surface area contributed by atoms with E-state index in [1.165, 1.54) is 25.3 Å². The molecule has 8 heteroatoms. The topological polar surface area (TPSA) is 116 Å². The summed E-state index contributed by atoms with van der Waals surface area (Å²) in [7, 11) is -2.33. The molecule has 3 N–H and O–H groups in total. The summed E-state index contributed by atoms with van der Waals surface area (Å²) >= 11 is 0. The van der Waals surface area contributed by atoms with Crippen molar-refractivity contribution >= 4 is 27.4 Å². The van der Waals surface area contributed by atoms with E-state index in [1.807, 2.05) is 0 Å². The molecule has 0 fully saturated rings. The van der Waals surface area contributed by atoms with Crippen LogP contribution >= 0.6 is 0 Å². The van der Waals surface area contributed by atoms with Crippen LogP contribution in [0.25, 0.3) is 0 Å². The first kappa shape index (κ1) is 17.1. The van der Waals surface area contributed by atoms with E-state index in [-0.39, 0.29) is 28.5 Å². The fourth-order valence-corrected chi connectivity index (χ4v) is 2.29. The van der Waals surface area contributed by atoms with E-state index in [9.17, 15) is 18.0 Å². The number of carbonyl (C=O) groups excluding carboxylic acids is 2. The summed E-state index contributed by atoms with van der Waals surface area (Å²) in [4.78, 5) is 23.1. The van der Waals surface area contributed by atoms with Gasteiger partial charge in [-0.2, -0.15) is 0 Å². The number of hydrogen-bond donors (Lipinski definition) is 2. The number of carbonyl (C=O) groups is 2. The van der Waals surface area contributed by atoms with Crippen molar-refractivity contribution in [2.24, 2.45) is 5.73 Å². The SMILES string of the molecule is COC(=O)c1cc(NC(=O)CCCN)cc(S(C)(=O)=O)c1.